The zero-order valence-corrected chi connectivity index (χ0v) is 8.08. The van der Waals surface area contributed by atoms with E-state index in [1.807, 2.05) is 0 Å². The fourth-order valence-electron chi connectivity index (χ4n) is 0.908. The van der Waals surface area contributed by atoms with E-state index in [-0.39, 0.29) is 12.3 Å². The van der Waals surface area contributed by atoms with Crippen molar-refractivity contribution in [3.8, 4) is 0 Å². The number of allylic oxidation sites excluding steroid dienone is 1. The van der Waals surface area contributed by atoms with E-state index in [2.05, 4.69) is 4.99 Å². The summed E-state index contributed by atoms with van der Waals surface area (Å²) in [6.07, 6.45) is -4.90. The predicted octanol–water partition coefficient (Wildman–Crippen LogP) is 0.948. The largest absolute Gasteiger partial charge is 0.450 e. The number of alkyl halides is 3. The van der Waals surface area contributed by atoms with Crippen molar-refractivity contribution in [2.24, 2.45) is 4.99 Å². The third kappa shape index (κ3) is 2.71. The van der Waals surface area contributed by atoms with Crippen LogP contribution in [0, 0.1) is 0 Å². The highest BCUT2D eigenvalue weighted by atomic mass is 19.4. The Morgan fingerprint density at radius 3 is 2.53 bits per heavy atom. The van der Waals surface area contributed by atoms with Crippen LogP contribution in [0.2, 0.25) is 0 Å². The Morgan fingerprint density at radius 2 is 2.13 bits per heavy atom. The molecule has 84 valence electrons. The summed E-state index contributed by atoms with van der Waals surface area (Å²) < 4.78 is 41.8. The molecular formula is C8H9F3N2O2. The maximum atomic E-state index is 12.3. The van der Waals surface area contributed by atoms with Gasteiger partial charge in [-0.3, -0.25) is 4.79 Å². The molecule has 1 atom stereocenters. The molecule has 0 saturated carbocycles. The van der Waals surface area contributed by atoms with Crippen LogP contribution in [0.5, 0.6) is 0 Å². The number of ether oxygens (including phenoxy) is 1. The summed E-state index contributed by atoms with van der Waals surface area (Å²) in [6.45, 7) is 0. The van der Waals surface area contributed by atoms with Crippen molar-refractivity contribution in [1.29, 1.82) is 0 Å². The zero-order chi connectivity index (χ0) is 11.6. The molecule has 7 heteroatoms. The second kappa shape index (κ2) is 3.92. The van der Waals surface area contributed by atoms with Crippen molar-refractivity contribution >= 4 is 12.3 Å². The number of amidine groups is 1. The number of hydrogen-bond acceptors (Lipinski definition) is 4. The first-order valence-corrected chi connectivity index (χ1v) is 4.01. The van der Waals surface area contributed by atoms with E-state index in [1.165, 1.54) is 19.0 Å². The van der Waals surface area contributed by atoms with E-state index < -0.39 is 18.0 Å². The van der Waals surface area contributed by atoms with E-state index in [0.29, 0.717) is 6.08 Å². The van der Waals surface area contributed by atoms with Crippen LogP contribution >= 0.6 is 0 Å². The minimum absolute atomic E-state index is 0.234. The van der Waals surface area contributed by atoms with Gasteiger partial charge in [-0.15, -0.1) is 0 Å². The average molecular weight is 222 g/mol. The van der Waals surface area contributed by atoms with Crippen LogP contribution in [0.25, 0.3) is 0 Å². The minimum atomic E-state index is -4.58. The zero-order valence-electron chi connectivity index (χ0n) is 8.08. The van der Waals surface area contributed by atoms with Crippen LogP contribution in [-0.2, 0) is 9.53 Å². The van der Waals surface area contributed by atoms with E-state index in [9.17, 15) is 18.0 Å². The van der Waals surface area contributed by atoms with Gasteiger partial charge in [-0.05, 0) is 6.08 Å². The Kier molecular flexibility index (Phi) is 3.01. The molecule has 0 bridgehead atoms. The number of aldehydes is 1. The molecule has 0 aliphatic carbocycles. The van der Waals surface area contributed by atoms with Crippen LogP contribution in [0.1, 0.15) is 0 Å². The Balaban J connectivity index is 3.03. The van der Waals surface area contributed by atoms with Crippen LogP contribution in [-0.4, -0.2) is 43.6 Å². The van der Waals surface area contributed by atoms with Gasteiger partial charge in [0.15, 0.2) is 12.4 Å². The molecule has 0 aromatic heterocycles. The van der Waals surface area contributed by atoms with E-state index in [4.69, 9.17) is 4.74 Å². The molecule has 1 rings (SSSR count). The molecule has 1 aliphatic heterocycles. The highest BCUT2D eigenvalue weighted by Gasteiger charge is 2.37. The lowest BCUT2D eigenvalue weighted by molar-refractivity contribution is -0.113. The van der Waals surface area contributed by atoms with Crippen molar-refractivity contribution < 1.29 is 22.7 Å². The first kappa shape index (κ1) is 11.5. The topological polar surface area (TPSA) is 41.9 Å². The third-order valence-electron chi connectivity index (χ3n) is 1.59. The summed E-state index contributed by atoms with van der Waals surface area (Å²) in [7, 11) is 2.94. The number of nitrogens with zero attached hydrogens (tertiary/aromatic N) is 2. The summed E-state index contributed by atoms with van der Waals surface area (Å²) in [5, 5.41) is 0. The van der Waals surface area contributed by atoms with Gasteiger partial charge in [-0.25, -0.2) is 0 Å². The first-order valence-electron chi connectivity index (χ1n) is 4.01. The van der Waals surface area contributed by atoms with Crippen molar-refractivity contribution in [2.45, 2.75) is 12.3 Å². The van der Waals surface area contributed by atoms with Crippen molar-refractivity contribution in [1.82, 2.24) is 4.90 Å². The fourth-order valence-corrected chi connectivity index (χ4v) is 0.908. The molecule has 4 nitrogen and oxygen atoms in total. The molecule has 0 fully saturated rings. The SMILES string of the molecule is CN(C)C1=NC(C(F)(F)F)=CC(C=O)O1. The number of hydrogen-bond donors (Lipinski definition) is 0. The van der Waals surface area contributed by atoms with Gasteiger partial charge in [0.2, 0.25) is 0 Å². The Labute approximate surface area is 84.0 Å². The molecule has 1 aliphatic rings. The van der Waals surface area contributed by atoms with Gasteiger partial charge < -0.3 is 9.64 Å². The van der Waals surface area contributed by atoms with Gasteiger partial charge >= 0.3 is 6.18 Å². The number of rotatable bonds is 1. The monoisotopic (exact) mass is 222 g/mol. The maximum absolute atomic E-state index is 12.3. The van der Waals surface area contributed by atoms with Crippen LogP contribution < -0.4 is 0 Å². The third-order valence-corrected chi connectivity index (χ3v) is 1.59. The summed E-state index contributed by atoms with van der Waals surface area (Å²) in [4.78, 5) is 14.9. The summed E-state index contributed by atoms with van der Waals surface area (Å²) >= 11 is 0. The lowest BCUT2D eigenvalue weighted by Crippen LogP contribution is -2.34. The average Bonchev–Trinajstić information content (AvgIpc) is 2.15. The standard InChI is InChI=1S/C8H9F3N2O2/c1-13(2)7-12-6(8(9,10)11)3-5(4-14)15-7/h3-5H,1-2H3. The first-order chi connectivity index (χ1) is 6.84. The van der Waals surface area contributed by atoms with Gasteiger partial charge in [-0.2, -0.15) is 18.2 Å². The summed E-state index contributed by atoms with van der Waals surface area (Å²) in [5.74, 6) is 0. The molecule has 1 heterocycles. The molecule has 0 amide bonds. The number of aliphatic imine (C=N–C) groups is 1. The van der Waals surface area contributed by atoms with Gasteiger partial charge in [0.05, 0.1) is 0 Å². The van der Waals surface area contributed by atoms with Gasteiger partial charge in [0.25, 0.3) is 6.02 Å². The van der Waals surface area contributed by atoms with Crippen molar-refractivity contribution in [2.75, 3.05) is 14.1 Å². The second-order valence-electron chi connectivity index (χ2n) is 3.06. The lowest BCUT2D eigenvalue weighted by atomic mass is 10.3. The van der Waals surface area contributed by atoms with Crippen molar-refractivity contribution in [3.05, 3.63) is 11.8 Å². The second-order valence-corrected chi connectivity index (χ2v) is 3.06. The summed E-state index contributed by atoms with van der Waals surface area (Å²) in [5.41, 5.74) is -1.12. The van der Waals surface area contributed by atoms with E-state index in [1.54, 1.807) is 0 Å². The van der Waals surface area contributed by atoms with Crippen LogP contribution in [0.4, 0.5) is 13.2 Å². The fraction of sp³-hybridized carbons (Fsp3) is 0.500. The highest BCUT2D eigenvalue weighted by Crippen LogP contribution is 2.29. The molecule has 0 aromatic carbocycles. The summed E-state index contributed by atoms with van der Waals surface area (Å²) in [6, 6.07) is -0.234. The normalized spacial score (nSPS) is 21.3. The van der Waals surface area contributed by atoms with E-state index >= 15 is 0 Å². The smallest absolute Gasteiger partial charge is 0.433 e. The highest BCUT2D eigenvalue weighted by molar-refractivity contribution is 5.79. The number of halogens is 3. The Bertz CT molecular complexity index is 320. The molecule has 0 saturated heterocycles. The van der Waals surface area contributed by atoms with E-state index in [0.717, 1.165) is 0 Å². The van der Waals surface area contributed by atoms with Gasteiger partial charge in [-0.1, -0.05) is 0 Å². The van der Waals surface area contributed by atoms with Crippen LogP contribution in [0.3, 0.4) is 0 Å². The van der Waals surface area contributed by atoms with Crippen LogP contribution in [0.15, 0.2) is 16.8 Å². The quantitative estimate of drug-likeness (QED) is 0.620. The molecule has 1 unspecified atom stereocenters. The molecule has 0 spiro atoms. The predicted molar refractivity (Wildman–Crippen MR) is 46.2 cm³/mol. The molecule has 0 radical (unpaired) electrons. The molecule has 0 aromatic rings. The van der Waals surface area contributed by atoms with Gasteiger partial charge in [0, 0.05) is 14.1 Å². The lowest BCUT2D eigenvalue weighted by Gasteiger charge is -2.23. The Morgan fingerprint density at radius 1 is 1.53 bits per heavy atom. The molecule has 15 heavy (non-hydrogen) atoms. The molecular weight excluding hydrogens is 213 g/mol. The van der Waals surface area contributed by atoms with Crippen molar-refractivity contribution in [3.63, 3.8) is 0 Å². The maximum Gasteiger partial charge on any atom is 0.433 e. The Hall–Kier alpha value is -1.53. The molecule has 0 N–H and O–H groups in total. The number of carbonyl (C=O) groups is 1. The minimum Gasteiger partial charge on any atom is -0.450 e. The van der Waals surface area contributed by atoms with Gasteiger partial charge in [0.1, 0.15) is 5.70 Å². The number of carbonyl (C=O) groups excluding carboxylic acids is 1.